The molecule has 1 heterocycles. The van der Waals surface area contributed by atoms with E-state index in [0.29, 0.717) is 21.9 Å². The third-order valence-corrected chi connectivity index (χ3v) is 5.90. The molecule has 0 aliphatic rings. The Morgan fingerprint density at radius 2 is 1.90 bits per heavy atom. The Labute approximate surface area is 177 Å². The smallest absolute Gasteiger partial charge is 0.371 e. The Bertz CT molecular complexity index is 949. The zero-order valence-corrected chi connectivity index (χ0v) is 18.4. The van der Waals surface area contributed by atoms with Crippen molar-refractivity contribution in [2.24, 2.45) is 0 Å². The number of nitro groups is 1. The highest BCUT2D eigenvalue weighted by atomic mass is 32.1. The highest BCUT2D eigenvalue weighted by Gasteiger charge is 2.38. The van der Waals surface area contributed by atoms with Crippen LogP contribution >= 0.6 is 11.3 Å². The highest BCUT2D eigenvalue weighted by Crippen LogP contribution is 2.44. The zero-order valence-electron chi connectivity index (χ0n) is 17.6. The Balaban J connectivity index is 2.29. The van der Waals surface area contributed by atoms with Crippen molar-refractivity contribution in [2.75, 3.05) is 19.0 Å². The lowest BCUT2D eigenvalue weighted by Crippen LogP contribution is -2.16. The Morgan fingerprint density at radius 3 is 2.43 bits per heavy atom. The number of nitrogens with zero attached hydrogens (tertiary/aromatic N) is 2. The van der Waals surface area contributed by atoms with E-state index in [-0.39, 0.29) is 30.0 Å². The van der Waals surface area contributed by atoms with Crippen molar-refractivity contribution >= 4 is 27.6 Å². The minimum Gasteiger partial charge on any atom is -0.371 e. The lowest BCUT2D eigenvalue weighted by atomic mass is 10.00. The predicted molar refractivity (Wildman–Crippen MR) is 114 cm³/mol. The van der Waals surface area contributed by atoms with Crippen LogP contribution in [0.5, 0.6) is 0 Å². The Kier molecular flexibility index (Phi) is 7.65. The van der Waals surface area contributed by atoms with Gasteiger partial charge in [-0.05, 0) is 38.0 Å². The molecule has 5 nitrogen and oxygen atoms in total. The first-order valence-corrected chi connectivity index (χ1v) is 10.2. The monoisotopic (exact) mass is 442 g/mol. The first-order valence-electron chi connectivity index (χ1n) is 9.34. The van der Waals surface area contributed by atoms with E-state index in [2.05, 4.69) is 0 Å². The quantitative estimate of drug-likeness (QED) is 0.346. The topological polar surface area (TPSA) is 55.6 Å². The molecule has 0 saturated carbocycles. The van der Waals surface area contributed by atoms with Crippen LogP contribution in [0.1, 0.15) is 41.8 Å². The van der Waals surface area contributed by atoms with E-state index >= 15 is 0 Å². The van der Waals surface area contributed by atoms with E-state index < -0.39 is 16.7 Å². The van der Waals surface area contributed by atoms with Crippen LogP contribution in [0.3, 0.4) is 0 Å². The van der Waals surface area contributed by atoms with Crippen LogP contribution in [0.15, 0.2) is 29.8 Å². The molecule has 0 aliphatic carbocycles. The molecule has 1 aromatic carbocycles. The number of benzene rings is 1. The van der Waals surface area contributed by atoms with Crippen molar-refractivity contribution in [3.05, 3.63) is 61.5 Å². The standard InChI is InChI=1S/C21H25F3N2O3S/c1-6-14(3)19(21(22,23)24)17-10-16(30-20(17)25(4)5)12-29-11-15-8-7-13(2)9-18(15)26(27)28/h7-10H,6,11-12H2,1-5H3/b19-14-. The van der Waals surface area contributed by atoms with Gasteiger partial charge in [0.2, 0.25) is 0 Å². The van der Waals surface area contributed by atoms with Gasteiger partial charge in [0.1, 0.15) is 0 Å². The summed E-state index contributed by atoms with van der Waals surface area (Å²) in [6, 6.07) is 6.37. The molecule has 0 atom stereocenters. The van der Waals surface area contributed by atoms with Crippen molar-refractivity contribution < 1.29 is 22.8 Å². The number of thiophene rings is 1. The molecule has 0 fully saturated rings. The number of alkyl halides is 3. The molecule has 164 valence electrons. The fourth-order valence-corrected chi connectivity index (χ4v) is 4.06. The van der Waals surface area contributed by atoms with Gasteiger partial charge in [-0.15, -0.1) is 11.3 Å². The normalized spacial score (nSPS) is 12.7. The van der Waals surface area contributed by atoms with Gasteiger partial charge in [-0.25, -0.2) is 0 Å². The molecular weight excluding hydrogens is 417 g/mol. The van der Waals surface area contributed by atoms with Gasteiger partial charge in [0.05, 0.1) is 34.3 Å². The number of nitro benzene ring substituents is 1. The first kappa shape index (κ1) is 23.9. The van der Waals surface area contributed by atoms with Crippen molar-refractivity contribution in [3.8, 4) is 0 Å². The van der Waals surface area contributed by atoms with Crippen LogP contribution in [0.4, 0.5) is 23.9 Å². The van der Waals surface area contributed by atoms with E-state index in [9.17, 15) is 23.3 Å². The van der Waals surface area contributed by atoms with E-state index in [4.69, 9.17) is 4.74 Å². The van der Waals surface area contributed by atoms with Gasteiger partial charge in [-0.1, -0.05) is 18.6 Å². The molecule has 0 saturated heterocycles. The molecule has 0 unspecified atom stereocenters. The summed E-state index contributed by atoms with van der Waals surface area (Å²) < 4.78 is 46.9. The van der Waals surface area contributed by atoms with E-state index in [1.54, 1.807) is 45.0 Å². The summed E-state index contributed by atoms with van der Waals surface area (Å²) in [6.45, 7) is 5.01. The van der Waals surface area contributed by atoms with Crippen molar-refractivity contribution in [3.63, 3.8) is 0 Å². The molecule has 0 spiro atoms. The molecule has 0 bridgehead atoms. The van der Waals surface area contributed by atoms with Gasteiger partial charge in [-0.3, -0.25) is 10.1 Å². The second-order valence-corrected chi connectivity index (χ2v) is 8.33. The van der Waals surface area contributed by atoms with Gasteiger partial charge in [0.15, 0.2) is 0 Å². The summed E-state index contributed by atoms with van der Waals surface area (Å²) in [5.74, 6) is 0. The SMILES string of the molecule is CC/C(C)=C(/c1cc(COCc2ccc(C)cc2[N+](=O)[O-])sc1N(C)C)C(F)(F)F. The zero-order chi connectivity index (χ0) is 22.6. The van der Waals surface area contributed by atoms with Crippen LogP contribution in [-0.2, 0) is 18.0 Å². The second kappa shape index (κ2) is 9.61. The number of halogens is 3. The molecule has 0 radical (unpaired) electrons. The molecule has 0 N–H and O–H groups in total. The summed E-state index contributed by atoms with van der Waals surface area (Å²) >= 11 is 1.22. The van der Waals surface area contributed by atoms with Crippen LogP contribution < -0.4 is 4.90 Å². The fourth-order valence-electron chi connectivity index (χ4n) is 3.04. The van der Waals surface area contributed by atoms with Crippen LogP contribution in [0.25, 0.3) is 5.57 Å². The molecule has 30 heavy (non-hydrogen) atoms. The number of hydrogen-bond donors (Lipinski definition) is 0. The lowest BCUT2D eigenvalue weighted by Gasteiger charge is -2.19. The largest absolute Gasteiger partial charge is 0.417 e. The summed E-state index contributed by atoms with van der Waals surface area (Å²) in [5.41, 5.74) is 0.944. The van der Waals surface area contributed by atoms with Gasteiger partial charge in [0, 0.05) is 30.6 Å². The van der Waals surface area contributed by atoms with Crippen molar-refractivity contribution in [1.29, 1.82) is 0 Å². The van der Waals surface area contributed by atoms with Gasteiger partial charge in [-0.2, -0.15) is 13.2 Å². The van der Waals surface area contributed by atoms with Gasteiger partial charge < -0.3 is 9.64 Å². The molecule has 0 amide bonds. The molecule has 1 aromatic heterocycles. The predicted octanol–water partition coefficient (Wildman–Crippen LogP) is 6.49. The van der Waals surface area contributed by atoms with Crippen LogP contribution in [0, 0.1) is 17.0 Å². The maximum Gasteiger partial charge on any atom is 0.417 e. The number of ether oxygens (including phenoxy) is 1. The third-order valence-electron chi connectivity index (χ3n) is 4.62. The van der Waals surface area contributed by atoms with Crippen LogP contribution in [-0.4, -0.2) is 25.2 Å². The van der Waals surface area contributed by atoms with Crippen molar-refractivity contribution in [2.45, 2.75) is 46.6 Å². The number of allylic oxidation sites excluding steroid dienone is 2. The average Bonchev–Trinajstić information content (AvgIpc) is 3.05. The minimum absolute atomic E-state index is 0.00290. The number of rotatable bonds is 8. The number of hydrogen-bond acceptors (Lipinski definition) is 5. The van der Waals surface area contributed by atoms with Gasteiger partial charge in [0.25, 0.3) is 5.69 Å². The fraction of sp³-hybridized carbons (Fsp3) is 0.429. The van der Waals surface area contributed by atoms with Crippen molar-refractivity contribution in [1.82, 2.24) is 0 Å². The maximum absolute atomic E-state index is 13.8. The molecule has 0 aliphatic heterocycles. The highest BCUT2D eigenvalue weighted by molar-refractivity contribution is 7.16. The summed E-state index contributed by atoms with van der Waals surface area (Å²) in [5, 5.41) is 11.7. The molecule has 9 heteroatoms. The summed E-state index contributed by atoms with van der Waals surface area (Å²) in [6.07, 6.45) is -4.17. The van der Waals surface area contributed by atoms with Gasteiger partial charge >= 0.3 is 6.18 Å². The average molecular weight is 443 g/mol. The summed E-state index contributed by atoms with van der Waals surface area (Å²) in [4.78, 5) is 13.0. The summed E-state index contributed by atoms with van der Waals surface area (Å²) in [7, 11) is 3.40. The number of anilines is 1. The minimum atomic E-state index is -4.47. The lowest BCUT2D eigenvalue weighted by molar-refractivity contribution is -0.386. The van der Waals surface area contributed by atoms with Crippen LogP contribution in [0.2, 0.25) is 0 Å². The third kappa shape index (κ3) is 5.60. The maximum atomic E-state index is 13.8. The number of aryl methyl sites for hydroxylation is 1. The van der Waals surface area contributed by atoms with E-state index in [0.717, 1.165) is 5.56 Å². The molecular formula is C21H25F3N2O3S. The Morgan fingerprint density at radius 1 is 1.23 bits per heavy atom. The first-order chi connectivity index (χ1) is 14.0. The van der Waals surface area contributed by atoms with E-state index in [1.807, 2.05) is 0 Å². The Hall–Kier alpha value is -2.39. The molecule has 2 rings (SSSR count). The van der Waals surface area contributed by atoms with E-state index in [1.165, 1.54) is 30.4 Å². The molecule has 2 aromatic rings. The second-order valence-electron chi connectivity index (χ2n) is 7.21.